The van der Waals surface area contributed by atoms with Gasteiger partial charge in [-0.2, -0.15) is 0 Å². The van der Waals surface area contributed by atoms with Crippen molar-refractivity contribution < 1.29 is 43.0 Å². The van der Waals surface area contributed by atoms with E-state index < -0.39 is 47.4 Å². The minimum atomic E-state index is -0.954. The van der Waals surface area contributed by atoms with Crippen LogP contribution in [0.2, 0.25) is 0 Å². The molecular weight excluding hydrogens is 586 g/mol. The van der Waals surface area contributed by atoms with Gasteiger partial charge in [-0.25, -0.2) is 9.78 Å². The minimum Gasteiger partial charge on any atom is -0.427 e. The van der Waals surface area contributed by atoms with Crippen LogP contribution in [0, 0.1) is 5.41 Å². The van der Waals surface area contributed by atoms with Gasteiger partial charge in [0.05, 0.1) is 23.9 Å². The Bertz CT molecular complexity index is 1220. The van der Waals surface area contributed by atoms with E-state index in [9.17, 15) is 19.2 Å². The number of rotatable bonds is 9. The van der Waals surface area contributed by atoms with Crippen molar-refractivity contribution in [2.75, 3.05) is 45.4 Å². The molecule has 40 heavy (non-hydrogen) atoms. The Morgan fingerprint density at radius 1 is 1.27 bits per heavy atom. The number of anilines is 1. The zero-order valence-electron chi connectivity index (χ0n) is 22.2. The Kier molecular flexibility index (Phi) is 9.60. The average molecular weight is 616 g/mol. The van der Waals surface area contributed by atoms with Gasteiger partial charge in [0, 0.05) is 16.0 Å². The highest BCUT2D eigenvalue weighted by Crippen LogP contribution is 2.45. The normalized spacial score (nSPS) is 21.9. The molecule has 0 saturated carbocycles. The molecule has 2 atom stereocenters. The standard InChI is InChI=1S/C23H29N5O9S3/c1-23(2,3)21(32)37-10-36-20(31)16-13(40-11-5-34-9-35-6-11)8-38-19-15(18(30)28(16)19)26-17(29)14(27-33-4)12-7-39-22(24)25-12/h7,11,15,19H,5-6,8-10H2,1-4H3,(H2,24,25)(H,26,29)/b27-14-/t15?,19-/m0/s1. The predicted molar refractivity (Wildman–Crippen MR) is 147 cm³/mol. The van der Waals surface area contributed by atoms with Gasteiger partial charge in [0.1, 0.15) is 36.7 Å². The van der Waals surface area contributed by atoms with Crippen molar-refractivity contribution in [2.24, 2.45) is 10.6 Å². The van der Waals surface area contributed by atoms with Crippen molar-refractivity contribution in [1.82, 2.24) is 15.2 Å². The number of amides is 2. The zero-order valence-corrected chi connectivity index (χ0v) is 24.6. The van der Waals surface area contributed by atoms with E-state index in [2.05, 4.69) is 15.5 Å². The molecule has 14 nitrogen and oxygen atoms in total. The van der Waals surface area contributed by atoms with Crippen molar-refractivity contribution in [3.8, 4) is 0 Å². The van der Waals surface area contributed by atoms with E-state index in [1.54, 1.807) is 26.2 Å². The number of fused-ring (bicyclic) bond motifs is 1. The number of esters is 2. The van der Waals surface area contributed by atoms with Gasteiger partial charge in [0.25, 0.3) is 11.8 Å². The van der Waals surface area contributed by atoms with Crippen molar-refractivity contribution >= 4 is 69.5 Å². The first-order chi connectivity index (χ1) is 19.0. The number of carbonyl (C=O) groups excluding carboxylic acids is 4. The van der Waals surface area contributed by atoms with Crippen molar-refractivity contribution in [3.05, 3.63) is 21.7 Å². The fourth-order valence-electron chi connectivity index (χ4n) is 3.73. The van der Waals surface area contributed by atoms with Crippen molar-refractivity contribution in [2.45, 2.75) is 37.4 Å². The molecule has 0 aliphatic carbocycles. The van der Waals surface area contributed by atoms with Gasteiger partial charge in [-0.3, -0.25) is 19.3 Å². The number of ether oxygens (including phenoxy) is 4. The number of nitrogens with one attached hydrogen (secondary N) is 1. The average Bonchev–Trinajstić information content (AvgIpc) is 3.35. The number of thiazole rings is 1. The second kappa shape index (κ2) is 12.8. The first-order valence-electron chi connectivity index (χ1n) is 12.0. The van der Waals surface area contributed by atoms with E-state index in [4.69, 9.17) is 29.5 Å². The summed E-state index contributed by atoms with van der Waals surface area (Å²) >= 11 is 3.85. The summed E-state index contributed by atoms with van der Waals surface area (Å²) in [4.78, 5) is 62.4. The van der Waals surface area contributed by atoms with E-state index in [0.29, 0.717) is 23.9 Å². The van der Waals surface area contributed by atoms with E-state index >= 15 is 0 Å². The molecule has 1 aromatic heterocycles. The highest BCUT2D eigenvalue weighted by Gasteiger charge is 2.55. The lowest BCUT2D eigenvalue weighted by molar-refractivity contribution is -0.173. The third-order valence-electron chi connectivity index (χ3n) is 5.65. The molecule has 1 unspecified atom stereocenters. The molecule has 3 N–H and O–H groups in total. The van der Waals surface area contributed by atoms with Gasteiger partial charge in [0.2, 0.25) is 6.79 Å². The predicted octanol–water partition coefficient (Wildman–Crippen LogP) is 0.883. The maximum absolute atomic E-state index is 13.3. The molecule has 4 rings (SSSR count). The first kappa shape index (κ1) is 30.1. The van der Waals surface area contributed by atoms with Crippen LogP contribution in [0.15, 0.2) is 21.1 Å². The highest BCUT2D eigenvalue weighted by molar-refractivity contribution is 8.06. The smallest absolute Gasteiger partial charge is 0.358 e. The topological polar surface area (TPSA) is 181 Å². The SMILES string of the molecule is CO/N=C(\C(=O)NC1C(=O)N2C(C(=O)OCOC(=O)C(C)(C)C)=C(SC3COCOC3)CS[C@@H]12)c1csc(N)n1. The summed E-state index contributed by atoms with van der Waals surface area (Å²) in [6.45, 7) is 5.40. The van der Waals surface area contributed by atoms with Gasteiger partial charge in [-0.1, -0.05) is 5.16 Å². The van der Waals surface area contributed by atoms with Gasteiger partial charge in [0.15, 0.2) is 10.8 Å². The number of nitrogens with two attached hydrogens (primary N) is 1. The Hall–Kier alpha value is -2.86. The summed E-state index contributed by atoms with van der Waals surface area (Å²) < 4.78 is 21.0. The lowest BCUT2D eigenvalue weighted by atomic mass is 9.98. The summed E-state index contributed by atoms with van der Waals surface area (Å²) in [5.41, 5.74) is 4.98. The number of nitrogen functional groups attached to an aromatic ring is 1. The second-order valence-electron chi connectivity index (χ2n) is 9.66. The molecule has 0 radical (unpaired) electrons. The number of oxime groups is 1. The number of β-lactam (4-membered cyclic amide) rings is 1. The molecule has 2 fully saturated rings. The number of carbonyl (C=O) groups is 4. The van der Waals surface area contributed by atoms with Crippen molar-refractivity contribution in [3.63, 3.8) is 0 Å². The van der Waals surface area contributed by atoms with Gasteiger partial charge in [-0.05, 0) is 20.8 Å². The monoisotopic (exact) mass is 615 g/mol. The van der Waals surface area contributed by atoms with Crippen LogP contribution in [0.5, 0.6) is 0 Å². The summed E-state index contributed by atoms with van der Waals surface area (Å²) in [5.74, 6) is -2.23. The highest BCUT2D eigenvalue weighted by atomic mass is 32.2. The summed E-state index contributed by atoms with van der Waals surface area (Å²) in [5, 5.41) is 7.49. The number of thioether (sulfide) groups is 2. The molecule has 0 spiro atoms. The molecule has 218 valence electrons. The van der Waals surface area contributed by atoms with Gasteiger partial charge >= 0.3 is 11.9 Å². The van der Waals surface area contributed by atoms with E-state index in [1.165, 1.54) is 35.5 Å². The van der Waals surface area contributed by atoms with Crippen LogP contribution in [0.1, 0.15) is 26.5 Å². The van der Waals surface area contributed by atoms with E-state index in [1.807, 2.05) is 0 Å². The molecule has 1 aromatic rings. The summed E-state index contributed by atoms with van der Waals surface area (Å²) in [6, 6.07) is -0.954. The minimum absolute atomic E-state index is 0.0275. The van der Waals surface area contributed by atoms with Gasteiger partial charge < -0.3 is 34.8 Å². The van der Waals surface area contributed by atoms with Crippen LogP contribution in [-0.4, -0.2) is 95.7 Å². The largest absolute Gasteiger partial charge is 0.427 e. The molecule has 0 aromatic carbocycles. The fourth-order valence-corrected chi connectivity index (χ4v) is 6.97. The van der Waals surface area contributed by atoms with Crippen molar-refractivity contribution in [1.29, 1.82) is 0 Å². The maximum Gasteiger partial charge on any atom is 0.358 e. The zero-order chi connectivity index (χ0) is 29.0. The maximum atomic E-state index is 13.3. The molecular formula is C23H29N5O9S3. The Morgan fingerprint density at radius 2 is 2.00 bits per heavy atom. The van der Waals surface area contributed by atoms with Crippen LogP contribution in [-0.2, 0) is 43.0 Å². The quantitative estimate of drug-likeness (QED) is 0.131. The van der Waals surface area contributed by atoms with Crippen LogP contribution in [0.4, 0.5) is 5.13 Å². The Morgan fingerprint density at radius 3 is 2.62 bits per heavy atom. The third kappa shape index (κ3) is 6.71. The van der Waals surface area contributed by atoms with E-state index in [0.717, 1.165) is 11.3 Å². The third-order valence-corrected chi connectivity index (χ3v) is 9.02. The first-order valence-corrected chi connectivity index (χ1v) is 14.8. The number of hydrogen-bond acceptors (Lipinski definition) is 15. The second-order valence-corrected chi connectivity index (χ2v) is 13.0. The lowest BCUT2D eigenvalue weighted by Crippen LogP contribution is -2.71. The number of aromatic nitrogens is 1. The summed E-state index contributed by atoms with van der Waals surface area (Å²) in [7, 11) is 1.28. The van der Waals surface area contributed by atoms with Crippen LogP contribution >= 0.6 is 34.9 Å². The lowest BCUT2D eigenvalue weighted by Gasteiger charge is -2.49. The molecule has 0 bridgehead atoms. The van der Waals surface area contributed by atoms with Gasteiger partial charge in [-0.15, -0.1) is 34.9 Å². The number of nitrogens with zero attached hydrogens (tertiary/aromatic N) is 3. The number of hydrogen-bond donors (Lipinski definition) is 2. The fraction of sp³-hybridized carbons (Fsp3) is 0.565. The summed E-state index contributed by atoms with van der Waals surface area (Å²) in [6.07, 6.45) is 0. The molecule has 3 aliphatic heterocycles. The van der Waals surface area contributed by atoms with E-state index in [-0.39, 0.29) is 34.3 Å². The Balaban J connectivity index is 1.50. The van der Waals surface area contributed by atoms with Crippen LogP contribution < -0.4 is 11.1 Å². The molecule has 3 aliphatic rings. The molecule has 2 amide bonds. The van der Waals surface area contributed by atoms with Crippen LogP contribution in [0.3, 0.4) is 0 Å². The Labute approximate surface area is 242 Å². The van der Waals surface area contributed by atoms with Crippen LogP contribution in [0.25, 0.3) is 0 Å². The molecule has 4 heterocycles. The molecule has 2 saturated heterocycles. The molecule has 17 heteroatoms.